The van der Waals surface area contributed by atoms with Crippen molar-refractivity contribution < 1.29 is 4.39 Å². The van der Waals surface area contributed by atoms with Gasteiger partial charge >= 0.3 is 0 Å². The molecule has 0 atom stereocenters. The van der Waals surface area contributed by atoms with Crippen LogP contribution in [-0.4, -0.2) is 6.54 Å². The molecule has 1 aliphatic carbocycles. The first-order valence-electron chi connectivity index (χ1n) is 5.25. The molecule has 0 aromatic heterocycles. The van der Waals surface area contributed by atoms with Gasteiger partial charge in [0, 0.05) is 16.4 Å². The molecule has 0 saturated heterocycles. The first-order chi connectivity index (χ1) is 7.09. The lowest BCUT2D eigenvalue weighted by Gasteiger charge is -2.42. The maximum atomic E-state index is 13.4. The van der Waals surface area contributed by atoms with Crippen LogP contribution < -0.4 is 5.73 Å². The van der Waals surface area contributed by atoms with Crippen LogP contribution in [0.5, 0.6) is 0 Å². The third kappa shape index (κ3) is 1.72. The van der Waals surface area contributed by atoms with E-state index in [1.807, 2.05) is 6.92 Å². The van der Waals surface area contributed by atoms with E-state index < -0.39 is 0 Å². The molecular weight excluding hydrogens is 257 g/mol. The summed E-state index contributed by atoms with van der Waals surface area (Å²) in [6.45, 7) is 2.64. The topological polar surface area (TPSA) is 26.0 Å². The van der Waals surface area contributed by atoms with E-state index in [1.54, 1.807) is 6.07 Å². The largest absolute Gasteiger partial charge is 0.330 e. The first kappa shape index (κ1) is 11.1. The molecule has 0 aliphatic heterocycles. The minimum absolute atomic E-state index is 0.0364. The predicted octanol–water partition coefficient (Wildman–Crippen LogP) is 3.28. The third-order valence-corrected chi connectivity index (χ3v) is 4.41. The van der Waals surface area contributed by atoms with Gasteiger partial charge in [0.05, 0.1) is 0 Å². The second-order valence-corrected chi connectivity index (χ2v) is 5.25. The van der Waals surface area contributed by atoms with Crippen LogP contribution in [-0.2, 0) is 5.41 Å². The zero-order valence-corrected chi connectivity index (χ0v) is 10.4. The molecule has 1 aromatic carbocycles. The van der Waals surface area contributed by atoms with Crippen LogP contribution in [0.2, 0.25) is 0 Å². The number of benzene rings is 1. The standard InChI is InChI=1S/C12H15BrFN/c1-8-10(5-9(14)6-11(8)13)12(7-15)3-2-4-12/h5-6H,2-4,7,15H2,1H3. The van der Waals surface area contributed by atoms with E-state index in [4.69, 9.17) is 5.73 Å². The SMILES string of the molecule is Cc1c(Br)cc(F)cc1C1(CN)CCC1. The molecule has 1 aliphatic rings. The van der Waals surface area contributed by atoms with Crippen LogP contribution in [0.4, 0.5) is 4.39 Å². The fourth-order valence-corrected chi connectivity index (χ4v) is 2.82. The third-order valence-electron chi connectivity index (χ3n) is 3.58. The molecule has 1 aromatic rings. The highest BCUT2D eigenvalue weighted by Gasteiger charge is 2.38. The van der Waals surface area contributed by atoms with Crippen LogP contribution in [0.3, 0.4) is 0 Å². The molecule has 0 spiro atoms. The van der Waals surface area contributed by atoms with Crippen molar-refractivity contribution in [2.45, 2.75) is 31.6 Å². The average molecular weight is 272 g/mol. The van der Waals surface area contributed by atoms with Gasteiger partial charge in [0.1, 0.15) is 5.82 Å². The maximum absolute atomic E-state index is 13.4. The summed E-state index contributed by atoms with van der Waals surface area (Å²) in [6, 6.07) is 3.16. The molecule has 1 fully saturated rings. The highest BCUT2D eigenvalue weighted by atomic mass is 79.9. The summed E-state index contributed by atoms with van der Waals surface area (Å²) in [5.74, 6) is -0.179. The Kier molecular flexibility index (Phi) is 2.86. The molecular formula is C12H15BrFN. The molecule has 0 bridgehead atoms. The van der Waals surface area contributed by atoms with Gasteiger partial charge in [0.15, 0.2) is 0 Å². The van der Waals surface area contributed by atoms with Crippen molar-refractivity contribution in [3.63, 3.8) is 0 Å². The van der Waals surface area contributed by atoms with E-state index in [2.05, 4.69) is 15.9 Å². The Morgan fingerprint density at radius 1 is 1.47 bits per heavy atom. The highest BCUT2D eigenvalue weighted by Crippen LogP contribution is 2.45. The second-order valence-electron chi connectivity index (χ2n) is 4.40. The average Bonchev–Trinajstić information content (AvgIpc) is 2.12. The first-order valence-corrected chi connectivity index (χ1v) is 6.04. The van der Waals surface area contributed by atoms with Crippen molar-refractivity contribution in [1.82, 2.24) is 0 Å². The van der Waals surface area contributed by atoms with E-state index in [-0.39, 0.29) is 11.2 Å². The fraction of sp³-hybridized carbons (Fsp3) is 0.500. The van der Waals surface area contributed by atoms with Crippen molar-refractivity contribution in [3.8, 4) is 0 Å². The minimum Gasteiger partial charge on any atom is -0.330 e. The minimum atomic E-state index is -0.179. The van der Waals surface area contributed by atoms with Gasteiger partial charge in [-0.25, -0.2) is 4.39 Å². The molecule has 1 saturated carbocycles. The van der Waals surface area contributed by atoms with Crippen LogP contribution in [0, 0.1) is 12.7 Å². The van der Waals surface area contributed by atoms with Crippen molar-refractivity contribution >= 4 is 15.9 Å². The Balaban J connectivity index is 2.51. The Labute approximate surface area is 98.0 Å². The smallest absolute Gasteiger partial charge is 0.124 e. The normalized spacial score (nSPS) is 18.7. The van der Waals surface area contributed by atoms with E-state index in [0.29, 0.717) is 6.54 Å². The molecule has 3 heteroatoms. The summed E-state index contributed by atoms with van der Waals surface area (Å²) in [4.78, 5) is 0. The summed E-state index contributed by atoms with van der Waals surface area (Å²) in [5.41, 5.74) is 8.08. The van der Waals surface area contributed by atoms with Gasteiger partial charge in [-0.05, 0) is 43.0 Å². The summed E-state index contributed by atoms with van der Waals surface area (Å²) in [7, 11) is 0. The van der Waals surface area contributed by atoms with E-state index in [0.717, 1.165) is 28.4 Å². The molecule has 82 valence electrons. The molecule has 0 radical (unpaired) electrons. The highest BCUT2D eigenvalue weighted by molar-refractivity contribution is 9.10. The van der Waals surface area contributed by atoms with Crippen LogP contribution in [0.15, 0.2) is 16.6 Å². The molecule has 0 heterocycles. The van der Waals surface area contributed by atoms with Crippen LogP contribution in [0.1, 0.15) is 30.4 Å². The van der Waals surface area contributed by atoms with Crippen LogP contribution >= 0.6 is 15.9 Å². The summed E-state index contributed by atoms with van der Waals surface area (Å²) in [5, 5.41) is 0. The number of hydrogen-bond acceptors (Lipinski definition) is 1. The Morgan fingerprint density at radius 3 is 2.60 bits per heavy atom. The Hall–Kier alpha value is -0.410. The van der Waals surface area contributed by atoms with Gasteiger partial charge in [-0.15, -0.1) is 0 Å². The van der Waals surface area contributed by atoms with Gasteiger partial charge in [-0.2, -0.15) is 0 Å². The van der Waals surface area contributed by atoms with Crippen molar-refractivity contribution in [2.24, 2.45) is 5.73 Å². The molecule has 2 rings (SSSR count). The lowest BCUT2D eigenvalue weighted by atomic mass is 9.63. The van der Waals surface area contributed by atoms with E-state index >= 15 is 0 Å². The Bertz CT molecular complexity index is 380. The summed E-state index contributed by atoms with van der Waals surface area (Å²) >= 11 is 3.39. The van der Waals surface area contributed by atoms with Gasteiger partial charge in [-0.3, -0.25) is 0 Å². The molecule has 0 amide bonds. The predicted molar refractivity (Wildman–Crippen MR) is 63.4 cm³/mol. The number of hydrogen-bond donors (Lipinski definition) is 1. The molecule has 15 heavy (non-hydrogen) atoms. The quantitative estimate of drug-likeness (QED) is 0.878. The zero-order chi connectivity index (χ0) is 11.1. The molecule has 2 N–H and O–H groups in total. The number of halogens is 2. The van der Waals surface area contributed by atoms with Gasteiger partial charge in [0.2, 0.25) is 0 Å². The lowest BCUT2D eigenvalue weighted by Crippen LogP contribution is -2.42. The van der Waals surface area contributed by atoms with Crippen molar-refractivity contribution in [1.29, 1.82) is 0 Å². The van der Waals surface area contributed by atoms with Crippen molar-refractivity contribution in [2.75, 3.05) is 6.54 Å². The van der Waals surface area contributed by atoms with Crippen molar-refractivity contribution in [3.05, 3.63) is 33.5 Å². The monoisotopic (exact) mass is 271 g/mol. The van der Waals surface area contributed by atoms with E-state index in [9.17, 15) is 4.39 Å². The van der Waals surface area contributed by atoms with Gasteiger partial charge in [-0.1, -0.05) is 22.4 Å². The summed E-state index contributed by atoms with van der Waals surface area (Å²) < 4.78 is 14.2. The van der Waals surface area contributed by atoms with Gasteiger partial charge in [0.25, 0.3) is 0 Å². The molecule has 1 nitrogen and oxygen atoms in total. The molecule has 0 unspecified atom stereocenters. The second kappa shape index (κ2) is 3.87. The fourth-order valence-electron chi connectivity index (χ4n) is 2.38. The maximum Gasteiger partial charge on any atom is 0.124 e. The van der Waals surface area contributed by atoms with Gasteiger partial charge < -0.3 is 5.73 Å². The summed E-state index contributed by atoms with van der Waals surface area (Å²) in [6.07, 6.45) is 3.37. The van der Waals surface area contributed by atoms with E-state index in [1.165, 1.54) is 12.5 Å². The number of rotatable bonds is 2. The van der Waals surface area contributed by atoms with Crippen LogP contribution in [0.25, 0.3) is 0 Å². The Morgan fingerprint density at radius 2 is 2.13 bits per heavy atom. The zero-order valence-electron chi connectivity index (χ0n) is 8.82. The lowest BCUT2D eigenvalue weighted by molar-refractivity contribution is 0.251. The number of nitrogens with two attached hydrogens (primary N) is 1.